The van der Waals surface area contributed by atoms with Crippen molar-refractivity contribution in [2.75, 3.05) is 39.6 Å². The maximum Gasteiger partial charge on any atom is 0.472 e. The van der Waals surface area contributed by atoms with Crippen LogP contribution < -0.4 is 0 Å². The van der Waals surface area contributed by atoms with Gasteiger partial charge >= 0.3 is 39.5 Å². The van der Waals surface area contributed by atoms with E-state index in [9.17, 15) is 43.2 Å². The Balaban J connectivity index is 5.19. The van der Waals surface area contributed by atoms with Crippen molar-refractivity contribution in [2.45, 2.75) is 290 Å². The van der Waals surface area contributed by atoms with Crippen LogP contribution in [0.25, 0.3) is 0 Å². The lowest BCUT2D eigenvalue weighted by molar-refractivity contribution is -0.161. The van der Waals surface area contributed by atoms with E-state index in [4.69, 9.17) is 37.0 Å². The van der Waals surface area contributed by atoms with Crippen molar-refractivity contribution < 1.29 is 80.2 Å². The van der Waals surface area contributed by atoms with Crippen LogP contribution in [0.3, 0.4) is 0 Å². The zero-order valence-corrected chi connectivity index (χ0v) is 48.6. The lowest BCUT2D eigenvalue weighted by Crippen LogP contribution is -2.30. The van der Waals surface area contributed by atoms with Gasteiger partial charge in [0.1, 0.15) is 19.3 Å². The van der Waals surface area contributed by atoms with E-state index >= 15 is 0 Å². The first kappa shape index (κ1) is 72.1. The molecule has 2 unspecified atom stereocenters. The number of esters is 4. The van der Waals surface area contributed by atoms with Gasteiger partial charge in [-0.25, -0.2) is 9.13 Å². The number of phosphoric acid groups is 2. The third-order valence-electron chi connectivity index (χ3n) is 12.6. The van der Waals surface area contributed by atoms with Crippen LogP contribution in [0.1, 0.15) is 272 Å². The summed E-state index contributed by atoms with van der Waals surface area (Å²) < 4.78 is 67.4. The van der Waals surface area contributed by atoms with Crippen molar-refractivity contribution in [2.24, 2.45) is 0 Å². The fourth-order valence-corrected chi connectivity index (χ4v) is 9.62. The summed E-state index contributed by atoms with van der Waals surface area (Å²) in [4.78, 5) is 71.5. The molecule has 74 heavy (non-hydrogen) atoms. The largest absolute Gasteiger partial charge is 0.472 e. The number of rotatable bonds is 56. The molecule has 0 spiro atoms. The van der Waals surface area contributed by atoms with Gasteiger partial charge in [-0.05, 0) is 25.7 Å². The van der Waals surface area contributed by atoms with Gasteiger partial charge in [0.15, 0.2) is 12.2 Å². The topological polar surface area (TPSA) is 237 Å². The Morgan fingerprint density at radius 3 is 0.797 bits per heavy atom. The summed E-state index contributed by atoms with van der Waals surface area (Å²) in [5, 5.41) is 10.5. The molecule has 0 saturated heterocycles. The molecule has 0 aliphatic heterocycles. The quantitative estimate of drug-likeness (QED) is 0.0222. The molecule has 0 aliphatic rings. The number of phosphoric ester groups is 2. The average molecular weight is 1100 g/mol. The number of hydrogen-bond donors (Lipinski definition) is 3. The Morgan fingerprint density at radius 1 is 0.324 bits per heavy atom. The van der Waals surface area contributed by atoms with Gasteiger partial charge in [0, 0.05) is 25.7 Å². The summed E-state index contributed by atoms with van der Waals surface area (Å²) in [5.41, 5.74) is 0. The van der Waals surface area contributed by atoms with Crippen molar-refractivity contribution in [1.82, 2.24) is 0 Å². The Morgan fingerprint density at radius 2 is 0.541 bits per heavy atom. The molecular weight excluding hydrogens is 995 g/mol. The van der Waals surface area contributed by atoms with Crippen LogP contribution in [0.5, 0.6) is 0 Å². The Hall–Kier alpha value is -1.94. The van der Waals surface area contributed by atoms with Gasteiger partial charge in [-0.3, -0.25) is 37.3 Å². The molecule has 0 saturated carbocycles. The smallest absolute Gasteiger partial charge is 0.462 e. The first-order valence-corrected chi connectivity index (χ1v) is 32.3. The van der Waals surface area contributed by atoms with Gasteiger partial charge in [0.05, 0.1) is 26.4 Å². The second kappa shape index (κ2) is 50.6. The molecule has 0 heterocycles. The fraction of sp³-hybridized carbons (Fsp3) is 0.927. The number of aliphatic hydroxyl groups is 1. The third kappa shape index (κ3) is 49.6. The minimum atomic E-state index is -4.93. The molecule has 0 amide bonds. The molecule has 0 radical (unpaired) electrons. The van der Waals surface area contributed by atoms with Crippen molar-refractivity contribution in [1.29, 1.82) is 0 Å². The minimum absolute atomic E-state index is 0.104. The van der Waals surface area contributed by atoms with E-state index in [1.165, 1.54) is 77.0 Å². The molecule has 0 fully saturated rings. The lowest BCUT2D eigenvalue weighted by Gasteiger charge is -2.21. The van der Waals surface area contributed by atoms with E-state index in [1.54, 1.807) is 0 Å². The molecular formula is C55H106O17P2. The van der Waals surface area contributed by atoms with Crippen LogP contribution >= 0.6 is 15.6 Å². The van der Waals surface area contributed by atoms with Gasteiger partial charge in [-0.2, -0.15) is 0 Å². The lowest BCUT2D eigenvalue weighted by atomic mass is 10.1. The highest BCUT2D eigenvalue weighted by Gasteiger charge is 2.30. The van der Waals surface area contributed by atoms with E-state index in [1.807, 2.05) is 0 Å². The van der Waals surface area contributed by atoms with Crippen molar-refractivity contribution in [3.05, 3.63) is 0 Å². The molecule has 5 atom stereocenters. The zero-order chi connectivity index (χ0) is 54.8. The monoisotopic (exact) mass is 1100 g/mol. The predicted octanol–water partition coefficient (Wildman–Crippen LogP) is 14.4. The maximum absolute atomic E-state index is 12.9. The van der Waals surface area contributed by atoms with Crippen LogP contribution in [0.2, 0.25) is 0 Å². The van der Waals surface area contributed by atoms with E-state index in [2.05, 4.69) is 27.7 Å². The van der Waals surface area contributed by atoms with Crippen molar-refractivity contribution in [3.8, 4) is 0 Å². The minimum Gasteiger partial charge on any atom is -0.462 e. The molecule has 3 N–H and O–H groups in total. The summed E-state index contributed by atoms with van der Waals surface area (Å²) in [6.07, 6.45) is 32.3. The van der Waals surface area contributed by atoms with Gasteiger partial charge in [0.2, 0.25) is 0 Å². The number of aliphatic hydroxyl groups excluding tert-OH is 1. The molecule has 0 bridgehead atoms. The molecule has 17 nitrogen and oxygen atoms in total. The third-order valence-corrected chi connectivity index (χ3v) is 14.5. The second-order valence-electron chi connectivity index (χ2n) is 20.0. The van der Waals surface area contributed by atoms with Crippen LogP contribution in [-0.2, 0) is 65.4 Å². The maximum atomic E-state index is 12.9. The number of unbranched alkanes of at least 4 members (excludes halogenated alkanes) is 30. The summed E-state index contributed by atoms with van der Waals surface area (Å²) in [6, 6.07) is 0. The van der Waals surface area contributed by atoms with E-state index in [0.29, 0.717) is 25.7 Å². The highest BCUT2D eigenvalue weighted by molar-refractivity contribution is 7.47. The molecule has 0 aromatic heterocycles. The van der Waals surface area contributed by atoms with Gasteiger partial charge in [-0.1, -0.05) is 220 Å². The normalized spacial score (nSPS) is 14.4. The van der Waals surface area contributed by atoms with E-state index < -0.39 is 97.5 Å². The molecule has 19 heteroatoms. The van der Waals surface area contributed by atoms with Crippen LogP contribution in [-0.4, -0.2) is 96.7 Å². The number of hydrogen-bond acceptors (Lipinski definition) is 15. The second-order valence-corrected chi connectivity index (χ2v) is 22.9. The van der Waals surface area contributed by atoms with E-state index in [0.717, 1.165) is 116 Å². The van der Waals surface area contributed by atoms with Gasteiger partial charge in [-0.15, -0.1) is 0 Å². The molecule has 0 rings (SSSR count). The van der Waals surface area contributed by atoms with Crippen molar-refractivity contribution >= 4 is 39.5 Å². The number of ether oxygens (including phenoxy) is 4. The predicted molar refractivity (Wildman–Crippen MR) is 289 cm³/mol. The number of carbonyl (C=O) groups is 4. The SMILES string of the molecule is CCCCCCCCCCCCC(=O)OC[C@H](COP(=O)(O)OC[C@@H](O)COP(=O)(O)OC[C@@H](COC(=O)CCCCCCCCC)OC(=O)CCCCCCCCC)OC(=O)CCCCCCCCCCCC. The summed E-state index contributed by atoms with van der Waals surface area (Å²) in [6.45, 7) is 4.72. The van der Waals surface area contributed by atoms with Gasteiger partial charge in [0.25, 0.3) is 0 Å². The highest BCUT2D eigenvalue weighted by atomic mass is 31.2. The summed E-state index contributed by atoms with van der Waals surface area (Å²) >= 11 is 0. The first-order valence-electron chi connectivity index (χ1n) is 29.3. The summed E-state index contributed by atoms with van der Waals surface area (Å²) in [7, 11) is -9.85. The van der Waals surface area contributed by atoms with Crippen LogP contribution in [0, 0.1) is 0 Å². The number of carbonyl (C=O) groups excluding carboxylic acids is 4. The summed E-state index contributed by atoms with van der Waals surface area (Å²) in [5.74, 6) is -2.15. The molecule has 438 valence electrons. The van der Waals surface area contributed by atoms with Gasteiger partial charge < -0.3 is 33.8 Å². The Labute approximate surface area is 447 Å². The van der Waals surface area contributed by atoms with Crippen LogP contribution in [0.15, 0.2) is 0 Å². The Bertz CT molecular complexity index is 1450. The molecule has 0 aromatic carbocycles. The molecule has 0 aromatic rings. The highest BCUT2D eigenvalue weighted by Crippen LogP contribution is 2.45. The van der Waals surface area contributed by atoms with E-state index in [-0.39, 0.29) is 25.7 Å². The van der Waals surface area contributed by atoms with Crippen molar-refractivity contribution in [3.63, 3.8) is 0 Å². The Kier molecular flexibility index (Phi) is 49.2. The van der Waals surface area contributed by atoms with Crippen LogP contribution in [0.4, 0.5) is 0 Å². The average Bonchev–Trinajstić information content (AvgIpc) is 3.37. The fourth-order valence-electron chi connectivity index (χ4n) is 8.04. The first-order chi connectivity index (χ1) is 35.7. The standard InChI is InChI=1S/C55H106O17P2/c1-5-9-13-17-21-23-25-29-32-36-40-53(58)66-46-51(72-55(60)42-38-34-30-26-24-22-18-14-10-6-2)48-70-74(63,64)68-44-49(56)43-67-73(61,62)69-47-50(71-54(59)41-37-33-28-20-16-12-8-4)45-65-52(57)39-35-31-27-19-15-11-7-3/h49-51,56H,5-48H2,1-4H3,(H,61,62)(H,63,64)/t49-,50+,51+/m0/s1. The molecule has 0 aliphatic carbocycles. The zero-order valence-electron chi connectivity index (χ0n) is 46.8.